The highest BCUT2D eigenvalue weighted by atomic mass is 16.6. The first-order chi connectivity index (χ1) is 10.3. The molecule has 1 aliphatic rings. The first kappa shape index (κ1) is 18.2. The fourth-order valence-electron chi connectivity index (χ4n) is 3.14. The summed E-state index contributed by atoms with van der Waals surface area (Å²) in [5, 5.41) is 9.11. The minimum atomic E-state index is -1.02. The smallest absolute Gasteiger partial charge is 0.311 e. The number of methoxy groups -OCH3 is 2. The van der Waals surface area contributed by atoms with E-state index >= 15 is 0 Å². The van der Waals surface area contributed by atoms with Crippen molar-refractivity contribution in [3.63, 3.8) is 0 Å². The monoisotopic (exact) mass is 314 g/mol. The van der Waals surface area contributed by atoms with Gasteiger partial charge in [-0.3, -0.25) is 14.4 Å². The van der Waals surface area contributed by atoms with Gasteiger partial charge in [-0.05, 0) is 18.3 Å². The van der Waals surface area contributed by atoms with Crippen LogP contribution in [0.2, 0.25) is 0 Å². The highest BCUT2D eigenvalue weighted by Crippen LogP contribution is 2.41. The van der Waals surface area contributed by atoms with Crippen molar-refractivity contribution in [2.75, 3.05) is 14.2 Å². The summed E-state index contributed by atoms with van der Waals surface area (Å²) in [6.07, 6.45) is 0.318. The summed E-state index contributed by atoms with van der Waals surface area (Å²) in [7, 11) is 2.62. The van der Waals surface area contributed by atoms with E-state index in [0.29, 0.717) is 6.42 Å². The molecule has 0 aliphatic heterocycles. The summed E-state index contributed by atoms with van der Waals surface area (Å²) in [4.78, 5) is 34.5. The average Bonchev–Trinajstić information content (AvgIpc) is 2.45. The standard InChI is InChI=1S/C15H22O7/c1-5-9-6-11(22-8(2)16)14(20-3)13(15(19)21-4)10(9)7-12(17)18/h5,9-11,13-14H,1,6-7H2,2-4H3,(H,17,18)/t9-,10-,11+,13-,14-/m0/s1. The summed E-state index contributed by atoms with van der Waals surface area (Å²) in [6, 6.07) is 0. The molecule has 124 valence electrons. The summed E-state index contributed by atoms with van der Waals surface area (Å²) >= 11 is 0. The second-order valence-electron chi connectivity index (χ2n) is 5.29. The van der Waals surface area contributed by atoms with Crippen LogP contribution >= 0.6 is 0 Å². The van der Waals surface area contributed by atoms with Crippen molar-refractivity contribution in [1.82, 2.24) is 0 Å². The van der Waals surface area contributed by atoms with Crippen molar-refractivity contribution in [2.24, 2.45) is 17.8 Å². The molecule has 1 fully saturated rings. The minimum Gasteiger partial charge on any atom is -0.481 e. The SMILES string of the molecule is C=C[C@H]1C[C@@H](OC(C)=O)[C@H](OC)[C@@H](C(=O)OC)[C@H]1CC(=O)O. The van der Waals surface area contributed by atoms with Crippen LogP contribution in [0, 0.1) is 17.8 Å². The molecule has 0 aromatic heterocycles. The van der Waals surface area contributed by atoms with Crippen LogP contribution in [0.1, 0.15) is 19.8 Å². The Hall–Kier alpha value is -1.89. The predicted octanol–water partition coefficient (Wildman–Crippen LogP) is 1.02. The number of carbonyl (C=O) groups is 3. The lowest BCUT2D eigenvalue weighted by atomic mass is 9.67. The van der Waals surface area contributed by atoms with Gasteiger partial charge in [-0.1, -0.05) is 6.08 Å². The van der Waals surface area contributed by atoms with Crippen LogP contribution in [-0.4, -0.2) is 49.4 Å². The Morgan fingerprint density at radius 2 is 1.95 bits per heavy atom. The number of ether oxygens (including phenoxy) is 3. The highest BCUT2D eigenvalue weighted by molar-refractivity contribution is 5.76. The molecule has 1 rings (SSSR count). The van der Waals surface area contributed by atoms with Gasteiger partial charge in [0.05, 0.1) is 13.0 Å². The van der Waals surface area contributed by atoms with Gasteiger partial charge < -0.3 is 19.3 Å². The molecule has 1 saturated carbocycles. The third kappa shape index (κ3) is 4.07. The largest absolute Gasteiger partial charge is 0.481 e. The van der Waals surface area contributed by atoms with Gasteiger partial charge in [0.15, 0.2) is 0 Å². The van der Waals surface area contributed by atoms with E-state index in [2.05, 4.69) is 6.58 Å². The Labute approximate surface area is 129 Å². The van der Waals surface area contributed by atoms with Crippen LogP contribution in [0.4, 0.5) is 0 Å². The fourth-order valence-corrected chi connectivity index (χ4v) is 3.14. The molecule has 0 aromatic rings. The van der Waals surface area contributed by atoms with Gasteiger partial charge in [-0.15, -0.1) is 6.58 Å². The van der Waals surface area contributed by atoms with Gasteiger partial charge in [0.25, 0.3) is 0 Å². The first-order valence-electron chi connectivity index (χ1n) is 6.97. The number of esters is 2. The van der Waals surface area contributed by atoms with Crippen molar-refractivity contribution >= 4 is 17.9 Å². The quantitative estimate of drug-likeness (QED) is 0.577. The molecule has 0 amide bonds. The number of carbonyl (C=O) groups excluding carboxylic acids is 2. The van der Waals surface area contributed by atoms with Gasteiger partial charge in [-0.25, -0.2) is 0 Å². The topological polar surface area (TPSA) is 99.1 Å². The maximum absolute atomic E-state index is 12.2. The number of hydrogen-bond acceptors (Lipinski definition) is 6. The maximum atomic E-state index is 12.2. The van der Waals surface area contributed by atoms with Crippen LogP contribution in [0.25, 0.3) is 0 Å². The molecule has 5 atom stereocenters. The van der Waals surface area contributed by atoms with Crippen molar-refractivity contribution in [1.29, 1.82) is 0 Å². The van der Waals surface area contributed by atoms with E-state index in [0.717, 1.165) is 0 Å². The second kappa shape index (κ2) is 7.93. The van der Waals surface area contributed by atoms with Crippen LogP contribution in [-0.2, 0) is 28.6 Å². The molecule has 0 unspecified atom stereocenters. The van der Waals surface area contributed by atoms with E-state index in [-0.39, 0.29) is 12.3 Å². The molecular formula is C15H22O7. The molecule has 0 heterocycles. The lowest BCUT2D eigenvalue weighted by Gasteiger charge is -2.43. The van der Waals surface area contributed by atoms with E-state index in [1.165, 1.54) is 21.1 Å². The molecule has 1 aliphatic carbocycles. The van der Waals surface area contributed by atoms with Crippen LogP contribution in [0.5, 0.6) is 0 Å². The van der Waals surface area contributed by atoms with E-state index in [1.807, 2.05) is 0 Å². The normalized spacial score (nSPS) is 31.1. The molecule has 7 nitrogen and oxygen atoms in total. The predicted molar refractivity (Wildman–Crippen MR) is 75.9 cm³/mol. The summed E-state index contributed by atoms with van der Waals surface area (Å²) in [5.74, 6) is -3.76. The van der Waals surface area contributed by atoms with Crippen molar-refractivity contribution in [2.45, 2.75) is 32.0 Å². The Kier molecular flexibility index (Phi) is 6.55. The Morgan fingerprint density at radius 3 is 2.36 bits per heavy atom. The van der Waals surface area contributed by atoms with Crippen molar-refractivity contribution in [3.8, 4) is 0 Å². The Balaban J connectivity index is 3.19. The molecule has 22 heavy (non-hydrogen) atoms. The molecule has 0 aromatic carbocycles. The van der Waals surface area contributed by atoms with Gasteiger partial charge in [0, 0.05) is 20.5 Å². The zero-order valence-corrected chi connectivity index (χ0v) is 13.0. The highest BCUT2D eigenvalue weighted by Gasteiger charge is 2.50. The zero-order valence-electron chi connectivity index (χ0n) is 13.0. The molecule has 0 radical (unpaired) electrons. The van der Waals surface area contributed by atoms with E-state index in [1.54, 1.807) is 6.08 Å². The third-order valence-corrected chi connectivity index (χ3v) is 4.01. The molecule has 1 N–H and O–H groups in total. The fraction of sp³-hybridized carbons (Fsp3) is 0.667. The number of allylic oxidation sites excluding steroid dienone is 1. The maximum Gasteiger partial charge on any atom is 0.311 e. The van der Waals surface area contributed by atoms with E-state index in [9.17, 15) is 14.4 Å². The number of hydrogen-bond donors (Lipinski definition) is 1. The van der Waals surface area contributed by atoms with Gasteiger partial charge in [0.2, 0.25) is 0 Å². The molecular weight excluding hydrogens is 292 g/mol. The lowest BCUT2D eigenvalue weighted by molar-refractivity contribution is -0.181. The Bertz CT molecular complexity index is 445. The number of aliphatic carboxylic acids is 1. The van der Waals surface area contributed by atoms with Crippen LogP contribution in [0.15, 0.2) is 12.7 Å². The van der Waals surface area contributed by atoms with Crippen molar-refractivity contribution < 1.29 is 33.7 Å². The van der Waals surface area contributed by atoms with Crippen LogP contribution in [0.3, 0.4) is 0 Å². The van der Waals surface area contributed by atoms with Gasteiger partial charge >= 0.3 is 17.9 Å². The number of carboxylic acid groups (broad SMARTS) is 1. The first-order valence-corrected chi connectivity index (χ1v) is 6.97. The molecule has 0 spiro atoms. The molecule has 7 heteroatoms. The molecule has 0 bridgehead atoms. The van der Waals surface area contributed by atoms with E-state index < -0.39 is 42.0 Å². The van der Waals surface area contributed by atoms with Gasteiger partial charge in [0.1, 0.15) is 12.2 Å². The average molecular weight is 314 g/mol. The molecule has 0 saturated heterocycles. The summed E-state index contributed by atoms with van der Waals surface area (Å²) in [6.45, 7) is 4.97. The lowest BCUT2D eigenvalue weighted by Crippen LogP contribution is -2.52. The second-order valence-corrected chi connectivity index (χ2v) is 5.29. The van der Waals surface area contributed by atoms with E-state index in [4.69, 9.17) is 19.3 Å². The third-order valence-electron chi connectivity index (χ3n) is 4.01. The summed E-state index contributed by atoms with van der Waals surface area (Å²) < 4.78 is 15.4. The van der Waals surface area contributed by atoms with Crippen LogP contribution < -0.4 is 0 Å². The van der Waals surface area contributed by atoms with Gasteiger partial charge in [-0.2, -0.15) is 0 Å². The number of carboxylic acids is 1. The number of rotatable bonds is 6. The minimum absolute atomic E-state index is 0.219. The van der Waals surface area contributed by atoms with Crippen molar-refractivity contribution in [3.05, 3.63) is 12.7 Å². The zero-order chi connectivity index (χ0) is 16.9. The Morgan fingerprint density at radius 1 is 1.32 bits per heavy atom. The summed E-state index contributed by atoms with van der Waals surface area (Å²) in [5.41, 5.74) is 0.